The molecule has 1 unspecified atom stereocenters. The molecule has 1 fully saturated rings. The fourth-order valence-electron chi connectivity index (χ4n) is 1.63. The molecule has 1 aliphatic heterocycles. The van der Waals surface area contributed by atoms with Gasteiger partial charge >= 0.3 is 5.97 Å². The second kappa shape index (κ2) is 6.02. The number of rotatable bonds is 5. The van der Waals surface area contributed by atoms with E-state index in [0.29, 0.717) is 5.01 Å². The molecule has 0 radical (unpaired) electrons. The van der Waals surface area contributed by atoms with Gasteiger partial charge in [0.1, 0.15) is 31.0 Å². The fraction of sp³-hybridized carbons (Fsp3) is 0.875. The third-order valence-corrected chi connectivity index (χ3v) is 2.56. The molecule has 104 valence electrons. The van der Waals surface area contributed by atoms with E-state index in [2.05, 4.69) is 5.29 Å². The number of hydrogen-bond acceptors (Lipinski definition) is 8. The second-order valence-corrected chi connectivity index (χ2v) is 3.79. The summed E-state index contributed by atoms with van der Waals surface area (Å²) in [6.45, 7) is -1.53. The van der Waals surface area contributed by atoms with Crippen molar-refractivity contribution in [3.8, 4) is 0 Å². The van der Waals surface area contributed by atoms with E-state index < -0.39 is 49.8 Å². The Labute approximate surface area is 101 Å². The van der Waals surface area contributed by atoms with Crippen LogP contribution in [0, 0.1) is 4.91 Å². The molecule has 10 nitrogen and oxygen atoms in total. The number of carboxylic acid groups (broad SMARTS) is 1. The van der Waals surface area contributed by atoms with E-state index in [1.807, 2.05) is 0 Å². The zero-order valence-electron chi connectivity index (χ0n) is 9.16. The van der Waals surface area contributed by atoms with Gasteiger partial charge in [0.15, 0.2) is 6.23 Å². The molecule has 18 heavy (non-hydrogen) atoms. The number of carboxylic acids is 1. The molecule has 0 aromatic heterocycles. The summed E-state index contributed by atoms with van der Waals surface area (Å²) in [6.07, 6.45) is -7.81. The molecule has 5 atom stereocenters. The first-order valence-electron chi connectivity index (χ1n) is 5.04. The van der Waals surface area contributed by atoms with Gasteiger partial charge in [-0.25, -0.2) is 5.01 Å². The van der Waals surface area contributed by atoms with Crippen molar-refractivity contribution in [1.82, 2.24) is 5.01 Å². The first-order valence-corrected chi connectivity index (χ1v) is 5.04. The van der Waals surface area contributed by atoms with Crippen LogP contribution >= 0.6 is 0 Å². The van der Waals surface area contributed by atoms with Crippen molar-refractivity contribution < 1.29 is 35.1 Å². The van der Waals surface area contributed by atoms with Crippen LogP contribution in [0.1, 0.15) is 0 Å². The summed E-state index contributed by atoms with van der Waals surface area (Å²) < 4.78 is 4.94. The quantitative estimate of drug-likeness (QED) is 0.256. The highest BCUT2D eigenvalue weighted by atomic mass is 16.6. The highest BCUT2D eigenvalue weighted by molar-refractivity contribution is 5.69. The molecule has 1 heterocycles. The Kier molecular flexibility index (Phi) is 4.93. The third-order valence-electron chi connectivity index (χ3n) is 2.56. The van der Waals surface area contributed by atoms with Crippen molar-refractivity contribution >= 4 is 5.97 Å². The van der Waals surface area contributed by atoms with Crippen molar-refractivity contribution in [3.63, 3.8) is 0 Å². The van der Waals surface area contributed by atoms with E-state index in [0.717, 1.165) is 0 Å². The van der Waals surface area contributed by atoms with Crippen molar-refractivity contribution in [2.45, 2.75) is 30.6 Å². The topological polar surface area (TPSA) is 160 Å². The van der Waals surface area contributed by atoms with E-state index in [-0.39, 0.29) is 0 Å². The van der Waals surface area contributed by atoms with Crippen LogP contribution in [0.3, 0.4) is 0 Å². The highest BCUT2D eigenvalue weighted by Gasteiger charge is 2.46. The van der Waals surface area contributed by atoms with Crippen molar-refractivity contribution in [1.29, 1.82) is 0 Å². The monoisotopic (exact) mass is 266 g/mol. The molecule has 1 saturated heterocycles. The van der Waals surface area contributed by atoms with Gasteiger partial charge in [-0.15, -0.1) is 4.91 Å². The summed E-state index contributed by atoms with van der Waals surface area (Å²) in [5.74, 6) is -1.40. The molecule has 0 aromatic carbocycles. The van der Waals surface area contributed by atoms with Crippen molar-refractivity contribution in [3.05, 3.63) is 4.91 Å². The largest absolute Gasteiger partial charge is 0.480 e. The Balaban J connectivity index is 2.85. The average molecular weight is 266 g/mol. The maximum absolute atomic E-state index is 10.5. The Bertz CT molecular complexity index is 311. The zero-order valence-corrected chi connectivity index (χ0v) is 9.16. The lowest BCUT2D eigenvalue weighted by Gasteiger charge is -2.41. The number of aliphatic hydroxyl groups excluding tert-OH is 4. The van der Waals surface area contributed by atoms with Crippen LogP contribution in [0.15, 0.2) is 5.29 Å². The smallest absolute Gasteiger partial charge is 0.325 e. The minimum absolute atomic E-state index is 0.366. The molecule has 0 aliphatic carbocycles. The lowest BCUT2D eigenvalue weighted by Crippen LogP contribution is -2.62. The van der Waals surface area contributed by atoms with E-state index in [1.165, 1.54) is 0 Å². The number of nitroso groups, excluding NO2 is 1. The average Bonchev–Trinajstić information content (AvgIpc) is 2.34. The van der Waals surface area contributed by atoms with Gasteiger partial charge in [0.2, 0.25) is 0 Å². The van der Waals surface area contributed by atoms with Gasteiger partial charge in [0.05, 0.1) is 11.9 Å². The molecule has 0 saturated carbocycles. The minimum Gasteiger partial charge on any atom is -0.480 e. The molecule has 0 bridgehead atoms. The molecule has 5 N–H and O–H groups in total. The summed E-state index contributed by atoms with van der Waals surface area (Å²) >= 11 is 0. The van der Waals surface area contributed by atoms with Crippen molar-refractivity contribution in [2.24, 2.45) is 5.29 Å². The van der Waals surface area contributed by atoms with Gasteiger partial charge in [-0.2, -0.15) is 0 Å². The molecular weight excluding hydrogens is 252 g/mol. The van der Waals surface area contributed by atoms with Gasteiger partial charge in [0, 0.05) is 0 Å². The Hall–Kier alpha value is -1.33. The van der Waals surface area contributed by atoms with Crippen LogP contribution in [0.5, 0.6) is 0 Å². The highest BCUT2D eigenvalue weighted by Crippen LogP contribution is 2.23. The maximum Gasteiger partial charge on any atom is 0.325 e. The van der Waals surface area contributed by atoms with Crippen LogP contribution < -0.4 is 0 Å². The molecule has 1 aliphatic rings. The molecule has 0 spiro atoms. The summed E-state index contributed by atoms with van der Waals surface area (Å²) in [7, 11) is 0. The number of nitrogens with zero attached hydrogens (tertiary/aromatic N) is 2. The molecule has 1 rings (SSSR count). The number of carbonyl (C=O) groups is 1. The predicted octanol–water partition coefficient (Wildman–Crippen LogP) is -3.15. The second-order valence-electron chi connectivity index (χ2n) is 3.79. The van der Waals surface area contributed by atoms with Gasteiger partial charge in [-0.3, -0.25) is 4.79 Å². The summed E-state index contributed by atoms with van der Waals surface area (Å²) in [6, 6.07) is 0. The summed E-state index contributed by atoms with van der Waals surface area (Å²) in [5, 5.41) is 48.7. The molecular formula is C8H14N2O8. The number of ether oxygens (including phenoxy) is 1. The van der Waals surface area contributed by atoms with Gasteiger partial charge < -0.3 is 30.3 Å². The van der Waals surface area contributed by atoms with Crippen LogP contribution in [-0.4, -0.2) is 80.3 Å². The number of hydrogen-bond donors (Lipinski definition) is 5. The lowest BCUT2D eigenvalue weighted by molar-refractivity contribution is -0.265. The van der Waals surface area contributed by atoms with Gasteiger partial charge in [-0.1, -0.05) is 0 Å². The first-order chi connectivity index (χ1) is 8.42. The molecule has 0 amide bonds. The van der Waals surface area contributed by atoms with Gasteiger partial charge in [-0.05, 0) is 0 Å². The van der Waals surface area contributed by atoms with E-state index in [4.69, 9.17) is 14.9 Å². The van der Waals surface area contributed by atoms with E-state index in [9.17, 15) is 25.0 Å². The number of aliphatic hydroxyl groups is 4. The normalized spacial score (nSPS) is 36.1. The van der Waals surface area contributed by atoms with Crippen LogP contribution in [0.4, 0.5) is 0 Å². The third kappa shape index (κ3) is 2.91. The summed E-state index contributed by atoms with van der Waals surface area (Å²) in [4.78, 5) is 21.0. The van der Waals surface area contributed by atoms with Crippen LogP contribution in [0.25, 0.3) is 0 Å². The van der Waals surface area contributed by atoms with Crippen LogP contribution in [-0.2, 0) is 9.53 Å². The van der Waals surface area contributed by atoms with E-state index >= 15 is 0 Å². The Morgan fingerprint density at radius 1 is 1.22 bits per heavy atom. The van der Waals surface area contributed by atoms with E-state index in [1.54, 1.807) is 0 Å². The zero-order chi connectivity index (χ0) is 13.9. The maximum atomic E-state index is 10.5. The lowest BCUT2D eigenvalue weighted by atomic mass is 9.98. The van der Waals surface area contributed by atoms with Crippen molar-refractivity contribution in [2.75, 3.05) is 13.2 Å². The summed E-state index contributed by atoms with van der Waals surface area (Å²) in [5.41, 5.74) is 0. The number of aliphatic carboxylic acids is 1. The molecule has 0 aromatic rings. The first kappa shape index (κ1) is 14.7. The minimum atomic E-state index is -1.74. The standard InChI is InChI=1S/C8H14N2O8/c11-2-3-5(14)6(15)7(16)8(18-3)10(9-17)1-4(12)13/h3,5-8,11,14-16H,1-2H2,(H,12,13)/t3-,5-,6+,7-,8?/m1/s1. The van der Waals surface area contributed by atoms with Gasteiger partial charge in [0.25, 0.3) is 0 Å². The predicted molar refractivity (Wildman–Crippen MR) is 53.9 cm³/mol. The fourth-order valence-corrected chi connectivity index (χ4v) is 1.63. The Morgan fingerprint density at radius 2 is 1.83 bits per heavy atom. The molecule has 10 heteroatoms. The Morgan fingerprint density at radius 3 is 2.28 bits per heavy atom. The van der Waals surface area contributed by atoms with Crippen LogP contribution in [0.2, 0.25) is 0 Å². The SMILES string of the molecule is O=NN(CC(=O)O)C1O[C@H](CO)[C@@H](O)[C@H](O)[C@H]1O.